The van der Waals surface area contributed by atoms with E-state index in [0.717, 1.165) is 29.0 Å². The molecule has 2 aromatic rings. The molecule has 4 rings (SSSR count). The lowest BCUT2D eigenvalue weighted by Crippen LogP contribution is -2.31. The Bertz CT molecular complexity index is 851. The summed E-state index contributed by atoms with van der Waals surface area (Å²) in [5, 5.41) is 0. The Balaban J connectivity index is 1.41. The molecule has 0 saturated carbocycles. The zero-order chi connectivity index (χ0) is 17.3. The third-order valence-electron chi connectivity index (χ3n) is 4.90. The molecule has 0 N–H and O–H groups in total. The summed E-state index contributed by atoms with van der Waals surface area (Å²) < 4.78 is 37.7. The second-order valence-electron chi connectivity index (χ2n) is 6.51. The number of nitrogens with zero attached hydrogens (tertiary/aromatic N) is 1. The van der Waals surface area contributed by atoms with E-state index in [0.29, 0.717) is 19.5 Å². The van der Waals surface area contributed by atoms with E-state index in [4.69, 9.17) is 9.47 Å². The summed E-state index contributed by atoms with van der Waals surface area (Å²) in [4.78, 5) is 0. The van der Waals surface area contributed by atoms with Crippen molar-refractivity contribution in [3.8, 4) is 11.5 Å². The van der Waals surface area contributed by atoms with Crippen molar-refractivity contribution >= 4 is 10.0 Å². The highest BCUT2D eigenvalue weighted by Gasteiger charge is 2.32. The molecule has 1 atom stereocenters. The molecule has 0 radical (unpaired) electrons. The summed E-state index contributed by atoms with van der Waals surface area (Å²) in [5.74, 6) is 1.88. The number of ether oxygens (including phenoxy) is 2. The van der Waals surface area contributed by atoms with Crippen LogP contribution in [0.4, 0.5) is 0 Å². The van der Waals surface area contributed by atoms with Gasteiger partial charge in [-0.15, -0.1) is 0 Å². The second kappa shape index (κ2) is 6.69. The predicted octanol–water partition coefficient (Wildman–Crippen LogP) is 2.78. The van der Waals surface area contributed by atoms with E-state index in [9.17, 15) is 8.42 Å². The van der Waals surface area contributed by atoms with Crippen molar-refractivity contribution in [2.75, 3.05) is 25.6 Å². The highest BCUT2D eigenvalue weighted by atomic mass is 32.2. The van der Waals surface area contributed by atoms with Gasteiger partial charge in [-0.1, -0.05) is 36.4 Å². The standard InChI is InChI=1S/C19H21NO4S/c21-25(22,11-9-15-4-2-1-3-5-15)20-10-8-17(13-20)16-6-7-18-19(12-16)24-14-23-18/h1-7,12,17H,8-11,13-14H2. The number of benzene rings is 2. The van der Waals surface area contributed by atoms with E-state index < -0.39 is 10.0 Å². The smallest absolute Gasteiger partial charge is 0.231 e. The molecular weight excluding hydrogens is 338 g/mol. The van der Waals surface area contributed by atoms with Crippen molar-refractivity contribution in [2.24, 2.45) is 0 Å². The fraction of sp³-hybridized carbons (Fsp3) is 0.368. The first-order valence-electron chi connectivity index (χ1n) is 8.53. The van der Waals surface area contributed by atoms with Crippen molar-refractivity contribution in [2.45, 2.75) is 18.8 Å². The van der Waals surface area contributed by atoms with Crippen LogP contribution in [-0.2, 0) is 16.4 Å². The van der Waals surface area contributed by atoms with Crippen LogP contribution in [0.3, 0.4) is 0 Å². The molecule has 5 nitrogen and oxygen atoms in total. The van der Waals surface area contributed by atoms with E-state index in [-0.39, 0.29) is 18.5 Å². The van der Waals surface area contributed by atoms with Crippen LogP contribution in [0.5, 0.6) is 11.5 Å². The van der Waals surface area contributed by atoms with Gasteiger partial charge in [-0.25, -0.2) is 12.7 Å². The molecule has 25 heavy (non-hydrogen) atoms. The van der Waals surface area contributed by atoms with Crippen LogP contribution in [0.1, 0.15) is 23.5 Å². The fourth-order valence-corrected chi connectivity index (χ4v) is 4.98. The molecule has 0 aromatic heterocycles. The van der Waals surface area contributed by atoms with Gasteiger partial charge in [0, 0.05) is 13.1 Å². The number of rotatable bonds is 5. The van der Waals surface area contributed by atoms with Crippen LogP contribution >= 0.6 is 0 Å². The van der Waals surface area contributed by atoms with Gasteiger partial charge in [0.25, 0.3) is 0 Å². The third kappa shape index (κ3) is 3.50. The molecule has 0 spiro atoms. The van der Waals surface area contributed by atoms with Gasteiger partial charge in [0.15, 0.2) is 11.5 Å². The first-order valence-corrected chi connectivity index (χ1v) is 10.1. The van der Waals surface area contributed by atoms with E-state index in [1.54, 1.807) is 4.31 Å². The van der Waals surface area contributed by atoms with E-state index in [1.165, 1.54) is 0 Å². The van der Waals surface area contributed by atoms with Crippen LogP contribution in [0.15, 0.2) is 48.5 Å². The van der Waals surface area contributed by atoms with Crippen LogP contribution in [-0.4, -0.2) is 38.4 Å². The Hall–Kier alpha value is -2.05. The molecule has 0 amide bonds. The highest BCUT2D eigenvalue weighted by Crippen LogP contribution is 2.37. The Kier molecular flexibility index (Phi) is 4.39. The molecule has 0 bridgehead atoms. The maximum atomic E-state index is 12.7. The summed E-state index contributed by atoms with van der Waals surface area (Å²) in [6, 6.07) is 15.6. The lowest BCUT2D eigenvalue weighted by Gasteiger charge is -2.17. The molecule has 2 aromatic carbocycles. The van der Waals surface area contributed by atoms with Crippen LogP contribution in [0.25, 0.3) is 0 Å². The van der Waals surface area contributed by atoms with E-state index in [1.807, 2.05) is 48.5 Å². The molecule has 132 valence electrons. The zero-order valence-corrected chi connectivity index (χ0v) is 14.7. The monoisotopic (exact) mass is 359 g/mol. The SMILES string of the molecule is O=S(=O)(CCc1ccccc1)N1CCC(c2ccc3c(c2)OCO3)C1. The lowest BCUT2D eigenvalue weighted by atomic mass is 9.98. The Morgan fingerprint density at radius 1 is 1.04 bits per heavy atom. The van der Waals surface area contributed by atoms with Gasteiger partial charge in [0.05, 0.1) is 5.75 Å². The fourth-order valence-electron chi connectivity index (χ4n) is 3.44. The Labute approximate surface area is 148 Å². The molecule has 1 unspecified atom stereocenters. The predicted molar refractivity (Wildman–Crippen MR) is 95.4 cm³/mol. The number of hydrogen-bond acceptors (Lipinski definition) is 4. The van der Waals surface area contributed by atoms with Gasteiger partial charge in [-0.05, 0) is 42.0 Å². The van der Waals surface area contributed by atoms with Gasteiger partial charge in [-0.3, -0.25) is 0 Å². The lowest BCUT2D eigenvalue weighted by molar-refractivity contribution is 0.174. The Morgan fingerprint density at radius 3 is 2.68 bits per heavy atom. The summed E-state index contributed by atoms with van der Waals surface area (Å²) in [6.45, 7) is 1.37. The van der Waals surface area contributed by atoms with Gasteiger partial charge in [0.1, 0.15) is 0 Å². The van der Waals surface area contributed by atoms with E-state index >= 15 is 0 Å². The van der Waals surface area contributed by atoms with Crippen molar-refractivity contribution < 1.29 is 17.9 Å². The normalized spacial score (nSPS) is 20.1. The molecule has 2 aliphatic heterocycles. The molecule has 2 heterocycles. The minimum absolute atomic E-state index is 0.158. The van der Waals surface area contributed by atoms with Crippen molar-refractivity contribution in [3.63, 3.8) is 0 Å². The molecule has 0 aliphatic carbocycles. The first kappa shape index (κ1) is 16.4. The second-order valence-corrected chi connectivity index (χ2v) is 8.60. The summed E-state index contributed by atoms with van der Waals surface area (Å²) in [7, 11) is -3.23. The van der Waals surface area contributed by atoms with Crippen molar-refractivity contribution in [1.29, 1.82) is 0 Å². The van der Waals surface area contributed by atoms with Crippen LogP contribution in [0.2, 0.25) is 0 Å². The maximum absolute atomic E-state index is 12.7. The number of fused-ring (bicyclic) bond motifs is 1. The summed E-state index contributed by atoms with van der Waals surface area (Å²) in [6.07, 6.45) is 1.39. The molecular formula is C19H21NO4S. The quantitative estimate of drug-likeness (QED) is 0.824. The van der Waals surface area contributed by atoms with Gasteiger partial charge in [0.2, 0.25) is 16.8 Å². The van der Waals surface area contributed by atoms with Gasteiger partial charge in [-0.2, -0.15) is 0 Å². The van der Waals surface area contributed by atoms with Gasteiger partial charge >= 0.3 is 0 Å². The number of aryl methyl sites for hydroxylation is 1. The van der Waals surface area contributed by atoms with E-state index in [2.05, 4.69) is 0 Å². The van der Waals surface area contributed by atoms with Gasteiger partial charge < -0.3 is 9.47 Å². The minimum atomic E-state index is -3.23. The topological polar surface area (TPSA) is 55.8 Å². The molecule has 1 fully saturated rings. The highest BCUT2D eigenvalue weighted by molar-refractivity contribution is 7.89. The summed E-state index contributed by atoms with van der Waals surface area (Å²) in [5.41, 5.74) is 2.17. The van der Waals surface area contributed by atoms with Crippen molar-refractivity contribution in [1.82, 2.24) is 4.31 Å². The summed E-state index contributed by atoms with van der Waals surface area (Å²) >= 11 is 0. The molecule has 2 aliphatic rings. The molecule has 1 saturated heterocycles. The minimum Gasteiger partial charge on any atom is -0.454 e. The largest absolute Gasteiger partial charge is 0.454 e. The third-order valence-corrected chi connectivity index (χ3v) is 6.74. The van der Waals surface area contributed by atoms with Crippen LogP contribution in [0, 0.1) is 0 Å². The maximum Gasteiger partial charge on any atom is 0.231 e. The van der Waals surface area contributed by atoms with Crippen molar-refractivity contribution in [3.05, 3.63) is 59.7 Å². The average molecular weight is 359 g/mol. The number of sulfonamides is 1. The average Bonchev–Trinajstić information content (AvgIpc) is 3.30. The number of hydrogen-bond donors (Lipinski definition) is 0. The zero-order valence-electron chi connectivity index (χ0n) is 13.9. The first-order chi connectivity index (χ1) is 12.1. The molecule has 6 heteroatoms. The van der Waals surface area contributed by atoms with Crippen LogP contribution < -0.4 is 9.47 Å². The Morgan fingerprint density at radius 2 is 1.84 bits per heavy atom.